The maximum absolute atomic E-state index is 6.06. The fraction of sp³-hybridized carbons (Fsp3) is 0.375. The number of aromatic nitrogens is 5. The fourth-order valence-electron chi connectivity index (χ4n) is 2.40. The predicted octanol–water partition coefficient (Wildman–Crippen LogP) is 2.83. The van der Waals surface area contributed by atoms with E-state index in [1.165, 1.54) is 0 Å². The number of nitrogen functional groups attached to an aromatic ring is 1. The molecule has 0 saturated heterocycles. The molecule has 0 aliphatic carbocycles. The summed E-state index contributed by atoms with van der Waals surface area (Å²) < 4.78 is 7.67. The van der Waals surface area contributed by atoms with Crippen molar-refractivity contribution in [3.8, 4) is 5.88 Å². The van der Waals surface area contributed by atoms with Gasteiger partial charge >= 0.3 is 0 Å². The van der Waals surface area contributed by atoms with Gasteiger partial charge in [0.15, 0.2) is 21.7 Å². The summed E-state index contributed by atoms with van der Waals surface area (Å²) in [5.41, 5.74) is 8.31. The largest absolute Gasteiger partial charge is 0.481 e. The second-order valence-corrected chi connectivity index (χ2v) is 6.27. The van der Waals surface area contributed by atoms with Crippen molar-refractivity contribution in [3.63, 3.8) is 0 Å². The zero-order chi connectivity index (χ0) is 17.8. The number of pyridine rings is 1. The van der Waals surface area contributed by atoms with Gasteiger partial charge in [-0.15, -0.1) is 0 Å². The van der Waals surface area contributed by atoms with Crippen LogP contribution in [-0.4, -0.2) is 38.2 Å². The van der Waals surface area contributed by atoms with Crippen LogP contribution in [0, 0.1) is 0 Å². The standard InChI is InChI=1S/C16H20BrN7O/c1-3-4-7-19-16-22-13(18)12-14(23-16)24(15(17)21-12)9-10-5-6-11(25-2)20-8-10/h5-6,8H,3-4,7,9H2,1-2H3,(H3,18,19,22,23). The zero-order valence-electron chi connectivity index (χ0n) is 14.2. The summed E-state index contributed by atoms with van der Waals surface area (Å²) in [6.45, 7) is 3.49. The predicted molar refractivity (Wildman–Crippen MR) is 101 cm³/mol. The smallest absolute Gasteiger partial charge is 0.226 e. The molecule has 0 atom stereocenters. The molecule has 0 fully saturated rings. The zero-order valence-corrected chi connectivity index (χ0v) is 15.7. The van der Waals surface area contributed by atoms with Crippen LogP contribution in [0.1, 0.15) is 25.3 Å². The van der Waals surface area contributed by atoms with E-state index >= 15 is 0 Å². The molecule has 132 valence electrons. The molecule has 8 nitrogen and oxygen atoms in total. The van der Waals surface area contributed by atoms with E-state index in [-0.39, 0.29) is 0 Å². The van der Waals surface area contributed by atoms with E-state index in [4.69, 9.17) is 10.5 Å². The van der Waals surface area contributed by atoms with Crippen molar-refractivity contribution < 1.29 is 4.74 Å². The quantitative estimate of drug-likeness (QED) is 0.459. The number of methoxy groups -OCH3 is 1. The van der Waals surface area contributed by atoms with Gasteiger partial charge in [-0.3, -0.25) is 4.57 Å². The number of halogens is 1. The number of fused-ring (bicyclic) bond motifs is 1. The molecule has 0 amide bonds. The Morgan fingerprint density at radius 1 is 1.28 bits per heavy atom. The van der Waals surface area contributed by atoms with Gasteiger partial charge in [0.05, 0.1) is 13.7 Å². The molecule has 0 aromatic carbocycles. The highest BCUT2D eigenvalue weighted by Gasteiger charge is 2.15. The lowest BCUT2D eigenvalue weighted by Gasteiger charge is -2.08. The van der Waals surface area contributed by atoms with Crippen LogP contribution in [0.15, 0.2) is 23.1 Å². The molecule has 0 spiro atoms. The van der Waals surface area contributed by atoms with Crippen LogP contribution in [-0.2, 0) is 6.54 Å². The van der Waals surface area contributed by atoms with Crippen molar-refractivity contribution in [2.24, 2.45) is 0 Å². The Bertz CT molecular complexity index is 863. The van der Waals surface area contributed by atoms with E-state index in [0.717, 1.165) is 24.9 Å². The molecular weight excluding hydrogens is 386 g/mol. The van der Waals surface area contributed by atoms with Gasteiger partial charge in [0.2, 0.25) is 11.8 Å². The Hall–Kier alpha value is -2.42. The molecule has 0 saturated carbocycles. The van der Waals surface area contributed by atoms with Crippen LogP contribution in [0.25, 0.3) is 11.2 Å². The van der Waals surface area contributed by atoms with E-state index < -0.39 is 0 Å². The molecule has 0 aliphatic rings. The first-order chi connectivity index (χ1) is 12.1. The topological polar surface area (TPSA) is 104 Å². The SMILES string of the molecule is CCCCNc1nc(N)c2nc(Br)n(Cc3ccc(OC)nc3)c2n1. The van der Waals surface area contributed by atoms with Gasteiger partial charge in [0, 0.05) is 18.8 Å². The number of hydrogen-bond acceptors (Lipinski definition) is 7. The van der Waals surface area contributed by atoms with Crippen LogP contribution in [0.2, 0.25) is 0 Å². The van der Waals surface area contributed by atoms with E-state index in [1.54, 1.807) is 13.3 Å². The maximum Gasteiger partial charge on any atom is 0.226 e. The van der Waals surface area contributed by atoms with Crippen LogP contribution in [0.4, 0.5) is 11.8 Å². The van der Waals surface area contributed by atoms with Crippen molar-refractivity contribution in [3.05, 3.63) is 28.6 Å². The Balaban J connectivity index is 1.94. The summed E-state index contributed by atoms with van der Waals surface area (Å²) in [6, 6.07) is 3.78. The molecular formula is C16H20BrN7O. The lowest BCUT2D eigenvalue weighted by Crippen LogP contribution is -2.09. The Kier molecular flexibility index (Phi) is 5.32. The van der Waals surface area contributed by atoms with Gasteiger partial charge in [-0.2, -0.15) is 9.97 Å². The van der Waals surface area contributed by atoms with E-state index in [0.29, 0.717) is 40.1 Å². The van der Waals surface area contributed by atoms with Crippen LogP contribution in [0.5, 0.6) is 5.88 Å². The molecule has 3 rings (SSSR count). The molecule has 3 N–H and O–H groups in total. The summed E-state index contributed by atoms with van der Waals surface area (Å²) in [6.07, 6.45) is 3.91. The van der Waals surface area contributed by atoms with Crippen molar-refractivity contribution >= 4 is 38.9 Å². The van der Waals surface area contributed by atoms with Crippen LogP contribution < -0.4 is 15.8 Å². The van der Waals surface area contributed by atoms with E-state index in [1.807, 2.05) is 16.7 Å². The minimum Gasteiger partial charge on any atom is -0.481 e. The number of imidazole rings is 1. The third-order valence-electron chi connectivity index (χ3n) is 3.74. The van der Waals surface area contributed by atoms with Gasteiger partial charge in [0.25, 0.3) is 0 Å². The molecule has 3 heterocycles. The summed E-state index contributed by atoms with van der Waals surface area (Å²) in [5.74, 6) is 1.45. The Morgan fingerprint density at radius 2 is 2.12 bits per heavy atom. The first-order valence-corrected chi connectivity index (χ1v) is 8.83. The third-order valence-corrected chi connectivity index (χ3v) is 4.34. The van der Waals surface area contributed by atoms with Gasteiger partial charge in [-0.1, -0.05) is 19.4 Å². The molecule has 3 aromatic rings. The summed E-state index contributed by atoms with van der Waals surface area (Å²) >= 11 is 3.48. The monoisotopic (exact) mass is 405 g/mol. The van der Waals surface area contributed by atoms with Gasteiger partial charge in [0.1, 0.15) is 0 Å². The number of nitrogens with two attached hydrogens (primary N) is 1. The minimum absolute atomic E-state index is 0.358. The average Bonchev–Trinajstić information content (AvgIpc) is 2.93. The molecule has 0 bridgehead atoms. The molecule has 0 radical (unpaired) electrons. The molecule has 0 aliphatic heterocycles. The van der Waals surface area contributed by atoms with Crippen molar-refractivity contribution in [2.75, 3.05) is 24.7 Å². The molecule has 0 unspecified atom stereocenters. The van der Waals surface area contributed by atoms with Crippen LogP contribution in [0.3, 0.4) is 0 Å². The Morgan fingerprint density at radius 3 is 2.80 bits per heavy atom. The first kappa shape index (κ1) is 17.4. The lowest BCUT2D eigenvalue weighted by molar-refractivity contribution is 0.397. The van der Waals surface area contributed by atoms with E-state index in [9.17, 15) is 0 Å². The number of anilines is 2. The van der Waals surface area contributed by atoms with Gasteiger partial charge in [-0.25, -0.2) is 9.97 Å². The average molecular weight is 406 g/mol. The lowest BCUT2D eigenvalue weighted by atomic mass is 10.3. The normalized spacial score (nSPS) is 11.0. The van der Waals surface area contributed by atoms with Gasteiger partial charge in [-0.05, 0) is 27.9 Å². The van der Waals surface area contributed by atoms with Gasteiger partial charge < -0.3 is 15.8 Å². The Labute approximate surface area is 154 Å². The number of nitrogens with zero attached hydrogens (tertiary/aromatic N) is 5. The highest BCUT2D eigenvalue weighted by Crippen LogP contribution is 2.25. The number of hydrogen-bond donors (Lipinski definition) is 2. The third kappa shape index (κ3) is 3.81. The highest BCUT2D eigenvalue weighted by atomic mass is 79.9. The fourth-order valence-corrected chi connectivity index (χ4v) is 2.87. The highest BCUT2D eigenvalue weighted by molar-refractivity contribution is 9.10. The number of rotatable bonds is 7. The van der Waals surface area contributed by atoms with E-state index in [2.05, 4.69) is 48.1 Å². The number of unbranched alkanes of at least 4 members (excludes halogenated alkanes) is 1. The second kappa shape index (κ2) is 7.64. The van der Waals surface area contributed by atoms with Crippen molar-refractivity contribution in [2.45, 2.75) is 26.3 Å². The van der Waals surface area contributed by atoms with Crippen molar-refractivity contribution in [1.29, 1.82) is 0 Å². The molecule has 3 aromatic heterocycles. The maximum atomic E-state index is 6.06. The summed E-state index contributed by atoms with van der Waals surface area (Å²) in [7, 11) is 1.59. The second-order valence-electron chi connectivity index (χ2n) is 5.56. The van der Waals surface area contributed by atoms with Crippen LogP contribution >= 0.6 is 15.9 Å². The molecule has 25 heavy (non-hydrogen) atoms. The minimum atomic E-state index is 0.358. The number of nitrogens with one attached hydrogen (secondary N) is 1. The number of ether oxygens (including phenoxy) is 1. The van der Waals surface area contributed by atoms with Crippen molar-refractivity contribution in [1.82, 2.24) is 24.5 Å². The molecule has 9 heteroatoms. The summed E-state index contributed by atoms with van der Waals surface area (Å²) in [5, 5.41) is 3.21. The summed E-state index contributed by atoms with van der Waals surface area (Å²) in [4.78, 5) is 17.5. The first-order valence-electron chi connectivity index (χ1n) is 8.04.